The zero-order valence-corrected chi connectivity index (χ0v) is 12.2. The molecule has 1 N–H and O–H groups in total. The van der Waals surface area contributed by atoms with Gasteiger partial charge >= 0.3 is 5.97 Å². The number of hydrogen-bond donors (Lipinski definition) is 1. The number of aryl methyl sites for hydroxylation is 1. The molecule has 0 aromatic heterocycles. The molecule has 1 amide bonds. The summed E-state index contributed by atoms with van der Waals surface area (Å²) >= 11 is 0. The molecule has 8 heteroatoms. The van der Waals surface area contributed by atoms with E-state index in [4.69, 9.17) is 9.84 Å². The number of non-ortho nitro benzene ring substituents is 1. The lowest BCUT2D eigenvalue weighted by atomic mass is 10.1. The van der Waals surface area contributed by atoms with Crippen LogP contribution in [0.3, 0.4) is 0 Å². The number of rotatable bonds is 3. The van der Waals surface area contributed by atoms with Gasteiger partial charge in [0.1, 0.15) is 0 Å². The van der Waals surface area contributed by atoms with Crippen LogP contribution < -0.4 is 0 Å². The Labute approximate surface area is 126 Å². The Morgan fingerprint density at radius 1 is 1.36 bits per heavy atom. The van der Waals surface area contributed by atoms with E-state index in [1.165, 1.54) is 17.0 Å². The van der Waals surface area contributed by atoms with E-state index < -0.39 is 29.0 Å². The van der Waals surface area contributed by atoms with Crippen molar-refractivity contribution in [2.45, 2.75) is 26.1 Å². The SMILES string of the molecule is Cc1cc(C(=O)N2CC(C(=O)O)O[C@H](C)C2)cc([N+](=O)[O-])c1. The van der Waals surface area contributed by atoms with Gasteiger partial charge in [0.25, 0.3) is 11.6 Å². The van der Waals surface area contributed by atoms with Crippen molar-refractivity contribution in [2.75, 3.05) is 13.1 Å². The first-order valence-electron chi connectivity index (χ1n) is 6.71. The first-order chi connectivity index (χ1) is 10.3. The Hall–Kier alpha value is -2.48. The van der Waals surface area contributed by atoms with E-state index >= 15 is 0 Å². The van der Waals surface area contributed by atoms with E-state index in [1.807, 2.05) is 0 Å². The molecule has 1 aromatic carbocycles. The van der Waals surface area contributed by atoms with E-state index in [0.29, 0.717) is 5.56 Å². The predicted molar refractivity (Wildman–Crippen MR) is 75.7 cm³/mol. The second-order valence-corrected chi connectivity index (χ2v) is 5.30. The Morgan fingerprint density at radius 2 is 2.05 bits per heavy atom. The van der Waals surface area contributed by atoms with Gasteiger partial charge in [-0.05, 0) is 25.5 Å². The molecule has 8 nitrogen and oxygen atoms in total. The highest BCUT2D eigenvalue weighted by Gasteiger charge is 2.33. The molecule has 1 fully saturated rings. The van der Waals surface area contributed by atoms with Gasteiger partial charge in [0.05, 0.1) is 17.6 Å². The maximum Gasteiger partial charge on any atom is 0.334 e. The number of hydrogen-bond acceptors (Lipinski definition) is 5. The quantitative estimate of drug-likeness (QED) is 0.664. The fraction of sp³-hybridized carbons (Fsp3) is 0.429. The van der Waals surface area contributed by atoms with E-state index in [-0.39, 0.29) is 24.3 Å². The molecule has 0 radical (unpaired) electrons. The molecule has 1 saturated heterocycles. The van der Waals surface area contributed by atoms with Crippen LogP contribution in [-0.2, 0) is 9.53 Å². The summed E-state index contributed by atoms with van der Waals surface area (Å²) in [4.78, 5) is 35.2. The Balaban J connectivity index is 2.27. The second-order valence-electron chi connectivity index (χ2n) is 5.30. The topological polar surface area (TPSA) is 110 Å². The van der Waals surface area contributed by atoms with E-state index in [2.05, 4.69) is 0 Å². The smallest absolute Gasteiger partial charge is 0.334 e. The summed E-state index contributed by atoms with van der Waals surface area (Å²) in [5.74, 6) is -1.58. The number of aliphatic carboxylic acids is 1. The number of nitro groups is 1. The molecule has 2 atom stereocenters. The van der Waals surface area contributed by atoms with Gasteiger partial charge in [-0.3, -0.25) is 14.9 Å². The van der Waals surface area contributed by atoms with E-state index in [1.54, 1.807) is 19.9 Å². The molecular weight excluding hydrogens is 292 g/mol. The molecule has 1 aliphatic heterocycles. The molecule has 1 unspecified atom stereocenters. The van der Waals surface area contributed by atoms with Crippen LogP contribution in [-0.4, -0.2) is 52.1 Å². The Morgan fingerprint density at radius 3 is 2.64 bits per heavy atom. The number of ether oxygens (including phenoxy) is 1. The number of carboxylic acids is 1. The van der Waals surface area contributed by atoms with Crippen molar-refractivity contribution in [3.05, 3.63) is 39.4 Å². The predicted octanol–water partition coefficient (Wildman–Crippen LogP) is 1.22. The largest absolute Gasteiger partial charge is 0.479 e. The van der Waals surface area contributed by atoms with Crippen molar-refractivity contribution in [3.8, 4) is 0 Å². The molecule has 1 aliphatic rings. The molecule has 2 rings (SSSR count). The lowest BCUT2D eigenvalue weighted by molar-refractivity contribution is -0.384. The first-order valence-corrected chi connectivity index (χ1v) is 6.71. The summed E-state index contributed by atoms with van der Waals surface area (Å²) in [5, 5.41) is 19.9. The number of carbonyl (C=O) groups excluding carboxylic acids is 1. The van der Waals surface area contributed by atoms with Crippen LogP contribution in [0.25, 0.3) is 0 Å². The van der Waals surface area contributed by atoms with Crippen molar-refractivity contribution in [1.82, 2.24) is 4.90 Å². The number of nitrogens with zero attached hydrogens (tertiary/aromatic N) is 2. The van der Waals surface area contributed by atoms with Crippen LogP contribution in [0.2, 0.25) is 0 Å². The Bertz CT molecular complexity index is 630. The lowest BCUT2D eigenvalue weighted by Gasteiger charge is -2.35. The minimum atomic E-state index is -1.14. The van der Waals surface area contributed by atoms with Crippen LogP contribution in [0.15, 0.2) is 18.2 Å². The van der Waals surface area contributed by atoms with Crippen LogP contribution in [0.5, 0.6) is 0 Å². The maximum absolute atomic E-state index is 12.5. The Kier molecular flexibility index (Phi) is 4.41. The third-order valence-electron chi connectivity index (χ3n) is 3.34. The minimum absolute atomic E-state index is 0.0831. The summed E-state index contributed by atoms with van der Waals surface area (Å²) in [7, 11) is 0. The molecule has 0 aliphatic carbocycles. The average molecular weight is 308 g/mol. The van der Waals surface area contributed by atoms with Crippen molar-refractivity contribution in [2.24, 2.45) is 0 Å². The normalized spacial score (nSPS) is 21.5. The second kappa shape index (κ2) is 6.10. The summed E-state index contributed by atoms with van der Waals surface area (Å²) in [5.41, 5.74) is 0.595. The maximum atomic E-state index is 12.5. The summed E-state index contributed by atoms with van der Waals surface area (Å²) in [6.07, 6.45) is -1.51. The third kappa shape index (κ3) is 3.40. The number of carboxylic acid groups (broad SMARTS) is 1. The van der Waals surface area contributed by atoms with E-state index in [9.17, 15) is 19.7 Å². The molecule has 0 saturated carbocycles. The van der Waals surface area contributed by atoms with Crippen LogP contribution >= 0.6 is 0 Å². The molecule has 1 aromatic rings. The summed E-state index contributed by atoms with van der Waals surface area (Å²) in [6.45, 7) is 3.49. The highest BCUT2D eigenvalue weighted by Crippen LogP contribution is 2.20. The number of amides is 1. The zero-order valence-electron chi connectivity index (χ0n) is 12.2. The molecular formula is C14H16N2O6. The molecule has 0 spiro atoms. The van der Waals surface area contributed by atoms with Gasteiger partial charge in [0.2, 0.25) is 0 Å². The standard InChI is InChI=1S/C14H16N2O6/c1-8-3-10(5-11(4-8)16(20)21)13(17)15-6-9(2)22-12(7-15)14(18)19/h3-5,9,12H,6-7H2,1-2H3,(H,18,19)/t9-,12?/m1/s1. The first kappa shape index (κ1) is 15.9. The monoisotopic (exact) mass is 308 g/mol. The van der Waals surface area contributed by atoms with Gasteiger partial charge in [-0.25, -0.2) is 4.79 Å². The minimum Gasteiger partial charge on any atom is -0.479 e. The number of nitro benzene ring substituents is 1. The van der Waals surface area contributed by atoms with Gasteiger partial charge in [-0.1, -0.05) is 0 Å². The van der Waals surface area contributed by atoms with Crippen molar-refractivity contribution in [3.63, 3.8) is 0 Å². The average Bonchev–Trinajstić information content (AvgIpc) is 2.45. The lowest BCUT2D eigenvalue weighted by Crippen LogP contribution is -2.51. The molecule has 1 heterocycles. The summed E-state index contributed by atoms with van der Waals surface area (Å²) in [6, 6.07) is 4.12. The highest BCUT2D eigenvalue weighted by atomic mass is 16.6. The number of benzene rings is 1. The van der Waals surface area contributed by atoms with Gasteiger partial charge in [-0.2, -0.15) is 0 Å². The zero-order chi connectivity index (χ0) is 16.4. The van der Waals surface area contributed by atoms with Gasteiger partial charge in [0, 0.05) is 24.2 Å². The third-order valence-corrected chi connectivity index (χ3v) is 3.34. The fourth-order valence-electron chi connectivity index (χ4n) is 2.43. The van der Waals surface area contributed by atoms with Crippen LogP contribution in [0.1, 0.15) is 22.8 Å². The van der Waals surface area contributed by atoms with Crippen LogP contribution in [0, 0.1) is 17.0 Å². The number of morpholine rings is 1. The van der Waals surface area contributed by atoms with Gasteiger partial charge in [0.15, 0.2) is 6.10 Å². The highest BCUT2D eigenvalue weighted by molar-refractivity contribution is 5.95. The fourth-order valence-corrected chi connectivity index (χ4v) is 2.43. The summed E-state index contributed by atoms with van der Waals surface area (Å²) < 4.78 is 5.25. The van der Waals surface area contributed by atoms with Crippen molar-refractivity contribution in [1.29, 1.82) is 0 Å². The van der Waals surface area contributed by atoms with Gasteiger partial charge < -0.3 is 14.7 Å². The van der Waals surface area contributed by atoms with Crippen molar-refractivity contribution < 1.29 is 24.4 Å². The number of carbonyl (C=O) groups is 2. The van der Waals surface area contributed by atoms with Crippen LogP contribution in [0.4, 0.5) is 5.69 Å². The van der Waals surface area contributed by atoms with Gasteiger partial charge in [-0.15, -0.1) is 0 Å². The van der Waals surface area contributed by atoms with E-state index in [0.717, 1.165) is 0 Å². The van der Waals surface area contributed by atoms with Crippen molar-refractivity contribution >= 4 is 17.6 Å². The molecule has 0 bridgehead atoms. The molecule has 22 heavy (non-hydrogen) atoms. The molecule has 118 valence electrons.